The molecular formula is C42H61N2O4+. The first kappa shape index (κ1) is 38.8. The molecule has 0 aliphatic heterocycles. The number of hydrogen-bond donors (Lipinski definition) is 0. The van der Waals surface area contributed by atoms with Crippen molar-refractivity contribution in [3.63, 3.8) is 0 Å². The molecule has 0 aliphatic rings. The van der Waals surface area contributed by atoms with Crippen LogP contribution in [0.5, 0.6) is 11.5 Å². The first-order chi connectivity index (χ1) is 23.2. The minimum atomic E-state index is -0.394. The highest BCUT2D eigenvalue weighted by molar-refractivity contribution is 6.11. The monoisotopic (exact) mass is 657 g/mol. The maximum absolute atomic E-state index is 14.3. The van der Waals surface area contributed by atoms with Gasteiger partial charge in [-0.25, -0.2) is 4.57 Å². The summed E-state index contributed by atoms with van der Waals surface area (Å²) in [5, 5.41) is 0. The topological polar surface area (TPSA) is 59.7 Å². The van der Waals surface area contributed by atoms with Crippen LogP contribution in [0.1, 0.15) is 150 Å². The summed E-state index contributed by atoms with van der Waals surface area (Å²) in [7, 11) is 1.54. The van der Waals surface area contributed by atoms with Crippen LogP contribution >= 0.6 is 0 Å². The highest BCUT2D eigenvalue weighted by atomic mass is 16.5. The number of rotatable bonds is 21. The number of carbonyl (C=O) groups excluding carboxylic acids is 2. The third kappa shape index (κ3) is 12.1. The summed E-state index contributed by atoms with van der Waals surface area (Å²) in [6, 6.07) is 18.6. The van der Waals surface area contributed by atoms with Crippen molar-refractivity contribution < 1.29 is 23.6 Å². The largest absolute Gasteiger partial charge is 0.496 e. The Hall–Kier alpha value is -3.67. The summed E-state index contributed by atoms with van der Waals surface area (Å²) in [6.07, 6.45) is 18.6. The molecule has 0 saturated heterocycles. The molecule has 262 valence electrons. The van der Waals surface area contributed by atoms with Crippen molar-refractivity contribution in [1.82, 2.24) is 4.90 Å². The maximum Gasteiger partial charge on any atom is 0.265 e. The lowest BCUT2D eigenvalue weighted by atomic mass is 9.85. The zero-order valence-corrected chi connectivity index (χ0v) is 30.7. The Labute approximate surface area is 290 Å². The van der Waals surface area contributed by atoms with E-state index in [1.807, 2.05) is 42.6 Å². The van der Waals surface area contributed by atoms with Crippen molar-refractivity contribution in [2.24, 2.45) is 0 Å². The summed E-state index contributed by atoms with van der Waals surface area (Å²) in [4.78, 5) is 29.8. The number of benzene rings is 2. The van der Waals surface area contributed by atoms with Gasteiger partial charge in [0.2, 0.25) is 5.69 Å². The molecule has 0 saturated carbocycles. The summed E-state index contributed by atoms with van der Waals surface area (Å²) in [5.41, 5.74) is 2.39. The number of carbonyl (C=O) groups is 2. The van der Waals surface area contributed by atoms with Gasteiger partial charge in [-0.05, 0) is 42.2 Å². The van der Waals surface area contributed by atoms with Gasteiger partial charge in [-0.2, -0.15) is 0 Å². The quantitative estimate of drug-likeness (QED) is 0.0650. The predicted molar refractivity (Wildman–Crippen MR) is 196 cm³/mol. The van der Waals surface area contributed by atoms with Crippen LogP contribution in [0.15, 0.2) is 66.9 Å². The van der Waals surface area contributed by atoms with E-state index in [9.17, 15) is 9.59 Å². The molecule has 0 radical (unpaired) electrons. The molecule has 48 heavy (non-hydrogen) atoms. The first-order valence-corrected chi connectivity index (χ1v) is 18.4. The van der Waals surface area contributed by atoms with Gasteiger partial charge in [0.1, 0.15) is 24.6 Å². The van der Waals surface area contributed by atoms with E-state index < -0.39 is 5.91 Å². The smallest absolute Gasteiger partial charge is 0.265 e. The summed E-state index contributed by atoms with van der Waals surface area (Å²) in [6.45, 7) is 12.3. The molecule has 2 amide bonds. The number of unbranched alkanes of at least 4 members (excludes halogenated alkanes) is 11. The van der Waals surface area contributed by atoms with E-state index >= 15 is 0 Å². The molecule has 3 aromatic rings. The van der Waals surface area contributed by atoms with Crippen molar-refractivity contribution in [3.05, 3.63) is 89.2 Å². The number of aryl methyl sites for hydroxylation is 1. The molecule has 0 spiro atoms. The Bertz CT molecular complexity index is 1410. The normalized spacial score (nSPS) is 11.4. The second kappa shape index (κ2) is 20.6. The second-order valence-corrected chi connectivity index (χ2v) is 14.0. The summed E-state index contributed by atoms with van der Waals surface area (Å²) < 4.78 is 13.9. The van der Waals surface area contributed by atoms with E-state index in [1.54, 1.807) is 24.3 Å². The summed E-state index contributed by atoms with van der Waals surface area (Å²) >= 11 is 0. The van der Waals surface area contributed by atoms with Gasteiger partial charge >= 0.3 is 0 Å². The average molecular weight is 658 g/mol. The standard InChI is InChI=1S/C42H61N2O4/c1-7-9-10-11-12-13-14-15-16-17-18-23-31-48-39-28-27-34(32-37(39)42(3,4)5)40(45)44(33-35-24-21-22-30-43(35)29-8-2)41(46)36-25-19-20-26-38(36)47-6/h19-22,24-28,30,32H,7-18,23,29,31,33H2,1-6H3/q+1. The van der Waals surface area contributed by atoms with E-state index in [2.05, 4.69) is 39.2 Å². The Kier molecular flexibility index (Phi) is 16.7. The summed E-state index contributed by atoms with van der Waals surface area (Å²) in [5.74, 6) is 0.491. The minimum absolute atomic E-state index is 0.138. The lowest BCUT2D eigenvalue weighted by Gasteiger charge is -2.25. The molecule has 0 aliphatic carbocycles. The van der Waals surface area contributed by atoms with Crippen LogP contribution in [-0.2, 0) is 18.5 Å². The zero-order valence-electron chi connectivity index (χ0n) is 30.7. The van der Waals surface area contributed by atoms with Crippen LogP contribution < -0.4 is 14.0 Å². The molecule has 0 bridgehead atoms. The van der Waals surface area contributed by atoms with Crippen LogP contribution in [0.25, 0.3) is 0 Å². The van der Waals surface area contributed by atoms with Crippen molar-refractivity contribution >= 4 is 11.8 Å². The molecular weight excluding hydrogens is 596 g/mol. The van der Waals surface area contributed by atoms with Gasteiger partial charge in [-0.3, -0.25) is 14.5 Å². The van der Waals surface area contributed by atoms with Crippen LogP contribution in [0, 0.1) is 0 Å². The highest BCUT2D eigenvalue weighted by Crippen LogP contribution is 2.33. The van der Waals surface area contributed by atoms with Crippen molar-refractivity contribution in [2.75, 3.05) is 13.7 Å². The fourth-order valence-electron chi connectivity index (χ4n) is 6.13. The molecule has 1 aromatic heterocycles. The van der Waals surface area contributed by atoms with E-state index in [1.165, 1.54) is 76.2 Å². The molecule has 1 heterocycles. The number of methoxy groups -OCH3 is 1. The van der Waals surface area contributed by atoms with Gasteiger partial charge in [-0.15, -0.1) is 0 Å². The molecule has 6 nitrogen and oxygen atoms in total. The molecule has 0 atom stereocenters. The van der Waals surface area contributed by atoms with Gasteiger partial charge in [0, 0.05) is 29.7 Å². The Morgan fingerprint density at radius 3 is 1.96 bits per heavy atom. The van der Waals surface area contributed by atoms with Crippen molar-refractivity contribution in [2.45, 2.75) is 137 Å². The number of amides is 2. The van der Waals surface area contributed by atoms with Gasteiger partial charge < -0.3 is 9.47 Å². The average Bonchev–Trinajstić information content (AvgIpc) is 3.09. The molecule has 0 fully saturated rings. The van der Waals surface area contributed by atoms with Gasteiger partial charge in [0.15, 0.2) is 6.20 Å². The van der Waals surface area contributed by atoms with Crippen LogP contribution in [0.4, 0.5) is 0 Å². The van der Waals surface area contributed by atoms with Crippen LogP contribution in [-0.4, -0.2) is 30.4 Å². The number of hydrogen-bond acceptors (Lipinski definition) is 4. The zero-order chi connectivity index (χ0) is 34.8. The van der Waals surface area contributed by atoms with Gasteiger partial charge in [0.25, 0.3) is 11.8 Å². The molecule has 6 heteroatoms. The van der Waals surface area contributed by atoms with Crippen molar-refractivity contribution in [1.29, 1.82) is 0 Å². The fourth-order valence-corrected chi connectivity index (χ4v) is 6.13. The van der Waals surface area contributed by atoms with Crippen molar-refractivity contribution in [3.8, 4) is 11.5 Å². The SMILES string of the molecule is CCCCCCCCCCCCCCOc1ccc(C(=O)N(Cc2cccc[n+]2CCC)C(=O)c2ccccc2OC)cc1C(C)(C)C. The fraction of sp³-hybridized carbons (Fsp3) is 0.548. The lowest BCUT2D eigenvalue weighted by molar-refractivity contribution is -0.704. The number of pyridine rings is 1. The minimum Gasteiger partial charge on any atom is -0.496 e. The van der Waals surface area contributed by atoms with E-state index in [4.69, 9.17) is 9.47 Å². The van der Waals surface area contributed by atoms with Gasteiger partial charge in [-0.1, -0.05) is 123 Å². The molecule has 0 N–H and O–H groups in total. The van der Waals surface area contributed by atoms with E-state index in [0.29, 0.717) is 23.5 Å². The maximum atomic E-state index is 14.3. The number of ether oxygens (including phenoxy) is 2. The highest BCUT2D eigenvalue weighted by Gasteiger charge is 2.30. The first-order valence-electron chi connectivity index (χ1n) is 18.4. The lowest BCUT2D eigenvalue weighted by Crippen LogP contribution is -2.44. The number of nitrogens with zero attached hydrogens (tertiary/aromatic N) is 2. The van der Waals surface area contributed by atoms with Gasteiger partial charge in [0.05, 0.1) is 19.3 Å². The second-order valence-electron chi connectivity index (χ2n) is 14.0. The Morgan fingerprint density at radius 1 is 0.708 bits per heavy atom. The predicted octanol–water partition coefficient (Wildman–Crippen LogP) is 10.3. The van der Waals surface area contributed by atoms with E-state index in [0.717, 1.165) is 42.8 Å². The number of para-hydroxylation sites is 1. The third-order valence-corrected chi connectivity index (χ3v) is 8.94. The van der Waals surface area contributed by atoms with Crippen LogP contribution in [0.3, 0.4) is 0 Å². The molecule has 0 unspecified atom stereocenters. The van der Waals surface area contributed by atoms with E-state index in [-0.39, 0.29) is 17.9 Å². The molecule has 2 aromatic carbocycles. The Morgan fingerprint density at radius 2 is 1.33 bits per heavy atom. The van der Waals surface area contributed by atoms with Crippen LogP contribution in [0.2, 0.25) is 0 Å². The number of imide groups is 1. The Balaban J connectivity index is 1.71. The third-order valence-electron chi connectivity index (χ3n) is 8.94. The molecule has 3 rings (SSSR count). The number of aromatic nitrogens is 1.